The fourth-order valence-corrected chi connectivity index (χ4v) is 10.1. The Morgan fingerprint density at radius 1 is 0.795 bits per heavy atom. The van der Waals surface area contributed by atoms with Gasteiger partial charge in [0, 0.05) is 56.0 Å². The minimum absolute atomic E-state index is 0.0282. The molecule has 2 aliphatic rings. The number of nitro groups is 2. The Morgan fingerprint density at radius 2 is 1.46 bits per heavy atom. The molecule has 3 aromatic rings. The van der Waals surface area contributed by atoms with E-state index in [1.807, 2.05) is 0 Å². The number of hydrogen-bond donors (Lipinski definition) is 10. The topological polar surface area (TPSA) is 377 Å². The van der Waals surface area contributed by atoms with Crippen molar-refractivity contribution in [3.05, 3.63) is 86.5 Å². The number of nitrogens with one attached hydrogen (secondary N) is 9. The number of aromatic nitrogens is 2. The highest BCUT2D eigenvalue weighted by molar-refractivity contribution is 7.98. The number of unbranched alkanes of at least 4 members (excludes halogenated alkanes) is 1. The molecule has 2 heterocycles. The second-order valence-electron chi connectivity index (χ2n) is 19.4. The summed E-state index contributed by atoms with van der Waals surface area (Å²) in [5.41, 5.74) is 6.23. The number of H-pyrrole nitrogens is 1. The van der Waals surface area contributed by atoms with Crippen LogP contribution in [0.1, 0.15) is 107 Å². The van der Waals surface area contributed by atoms with Crippen molar-refractivity contribution in [1.82, 2.24) is 47.2 Å². The number of thioether (sulfide) groups is 1. The van der Waals surface area contributed by atoms with Gasteiger partial charge in [0.25, 0.3) is 17.3 Å². The second kappa shape index (κ2) is 30.2. The number of nitrogens with two attached hydrogens (primary N) is 1. The molecular weight excluding hydrogens is 1030 g/mol. The van der Waals surface area contributed by atoms with Gasteiger partial charge in [-0.1, -0.05) is 51.2 Å². The number of carbonyl (C=O) groups excluding carboxylic acids is 8. The third-order valence-electron chi connectivity index (χ3n) is 13.8. The minimum Gasteiger partial charge on any atom is -0.387 e. The van der Waals surface area contributed by atoms with E-state index in [-0.39, 0.29) is 61.9 Å². The van der Waals surface area contributed by atoms with E-state index in [2.05, 4.69) is 52.5 Å². The van der Waals surface area contributed by atoms with Crippen LogP contribution in [-0.4, -0.2) is 142 Å². The largest absolute Gasteiger partial charge is 0.387 e. The molecule has 7 atom stereocenters. The number of rotatable bonds is 30. The molecular formula is C51H72N14O12S. The molecule has 1 saturated carbocycles. The molecule has 5 rings (SSSR count). The van der Waals surface area contributed by atoms with Crippen LogP contribution < -0.4 is 53.2 Å². The number of nitrogens with zero attached hydrogens (tertiary/aromatic N) is 4. The summed E-state index contributed by atoms with van der Waals surface area (Å²) in [5, 5.41) is 45.4. The molecule has 27 heteroatoms. The SMILES string of the molecule is CCC(NC(=O)C(CC1CCCCC1)NC(=O)C1CCCN1c1ccc([N+](=O)[O-])cc1[N+](=O)[O-])C(=O)NC(CSC)C(=O)NC(Cc1cnc[nH]1)C(=O)NC(C)C(=O)NC(CCCCNC(=O)c1ccccc1NC)C(N)=O. The maximum Gasteiger partial charge on any atom is 0.299 e. The van der Waals surface area contributed by atoms with E-state index >= 15 is 0 Å². The Morgan fingerprint density at radius 3 is 2.12 bits per heavy atom. The van der Waals surface area contributed by atoms with Gasteiger partial charge >= 0.3 is 0 Å². The quantitative estimate of drug-likeness (QED) is 0.0260. The first-order chi connectivity index (χ1) is 37.3. The van der Waals surface area contributed by atoms with Gasteiger partial charge in [0.05, 0.1) is 27.8 Å². The van der Waals surface area contributed by atoms with Crippen molar-refractivity contribution in [1.29, 1.82) is 0 Å². The Bertz CT molecular complexity index is 2600. The Kier molecular flexibility index (Phi) is 23.6. The molecule has 0 spiro atoms. The van der Waals surface area contributed by atoms with Crippen LogP contribution in [0.15, 0.2) is 55.0 Å². The number of carbonyl (C=O) groups is 8. The van der Waals surface area contributed by atoms with Crippen LogP contribution in [0.25, 0.3) is 0 Å². The van der Waals surface area contributed by atoms with Crippen LogP contribution >= 0.6 is 11.8 Å². The highest BCUT2D eigenvalue weighted by atomic mass is 32.2. The van der Waals surface area contributed by atoms with Gasteiger partial charge in [0.1, 0.15) is 48.0 Å². The minimum atomic E-state index is -1.31. The van der Waals surface area contributed by atoms with Crippen molar-refractivity contribution in [2.75, 3.05) is 42.4 Å². The first kappa shape index (κ1) is 61.0. The fourth-order valence-electron chi connectivity index (χ4n) is 9.57. The molecule has 26 nitrogen and oxygen atoms in total. The molecule has 1 saturated heterocycles. The Labute approximate surface area is 455 Å². The average molecular weight is 1110 g/mol. The summed E-state index contributed by atoms with van der Waals surface area (Å²) in [6, 6.07) is 2.12. The molecule has 1 aromatic heterocycles. The first-order valence-corrected chi connectivity index (χ1v) is 27.6. The third kappa shape index (κ3) is 17.6. The number of para-hydroxylation sites is 1. The zero-order chi connectivity index (χ0) is 56.9. The molecule has 7 unspecified atom stereocenters. The van der Waals surface area contributed by atoms with Crippen molar-refractivity contribution in [2.45, 2.75) is 140 Å². The number of nitro benzene ring substituents is 2. The Hall–Kier alpha value is -7.84. The second-order valence-corrected chi connectivity index (χ2v) is 20.3. The summed E-state index contributed by atoms with van der Waals surface area (Å²) in [4.78, 5) is 139. The van der Waals surface area contributed by atoms with Crippen LogP contribution in [0.2, 0.25) is 0 Å². The molecule has 0 radical (unpaired) electrons. The number of primary amides is 1. The molecule has 78 heavy (non-hydrogen) atoms. The van der Waals surface area contributed by atoms with Crippen molar-refractivity contribution >= 4 is 81.8 Å². The van der Waals surface area contributed by atoms with E-state index in [0.717, 1.165) is 44.2 Å². The highest BCUT2D eigenvalue weighted by Crippen LogP contribution is 2.36. The molecule has 0 bridgehead atoms. The summed E-state index contributed by atoms with van der Waals surface area (Å²) in [5.74, 6) is -5.20. The van der Waals surface area contributed by atoms with Crippen molar-refractivity contribution in [3.63, 3.8) is 0 Å². The predicted molar refractivity (Wildman–Crippen MR) is 291 cm³/mol. The lowest BCUT2D eigenvalue weighted by Gasteiger charge is -2.31. The summed E-state index contributed by atoms with van der Waals surface area (Å²) in [7, 11) is 1.71. The van der Waals surface area contributed by atoms with Gasteiger partial charge in [-0.15, -0.1) is 0 Å². The van der Waals surface area contributed by atoms with Crippen LogP contribution in [0.5, 0.6) is 0 Å². The number of amides is 8. The van der Waals surface area contributed by atoms with E-state index < -0.39 is 105 Å². The van der Waals surface area contributed by atoms with Crippen LogP contribution in [0.4, 0.5) is 22.7 Å². The molecule has 1 aliphatic carbocycles. The zero-order valence-corrected chi connectivity index (χ0v) is 45.1. The smallest absolute Gasteiger partial charge is 0.299 e. The normalized spacial score (nSPS) is 16.7. The number of imidazole rings is 1. The maximum atomic E-state index is 14.3. The van der Waals surface area contributed by atoms with Gasteiger partial charge in [-0.25, -0.2) is 4.98 Å². The van der Waals surface area contributed by atoms with E-state index in [1.54, 1.807) is 44.5 Å². The first-order valence-electron chi connectivity index (χ1n) is 26.2. The zero-order valence-electron chi connectivity index (χ0n) is 44.3. The van der Waals surface area contributed by atoms with E-state index in [0.29, 0.717) is 42.8 Å². The van der Waals surface area contributed by atoms with E-state index in [4.69, 9.17) is 5.73 Å². The monoisotopic (exact) mass is 1100 g/mol. The summed E-state index contributed by atoms with van der Waals surface area (Å²) in [6.07, 6.45) is 11.0. The third-order valence-corrected chi connectivity index (χ3v) is 14.5. The van der Waals surface area contributed by atoms with Crippen molar-refractivity contribution in [3.8, 4) is 0 Å². The summed E-state index contributed by atoms with van der Waals surface area (Å²) >= 11 is 1.22. The van der Waals surface area contributed by atoms with Crippen LogP contribution in [-0.2, 0) is 40.0 Å². The summed E-state index contributed by atoms with van der Waals surface area (Å²) < 4.78 is 0. The fraction of sp³-hybridized carbons (Fsp3) is 0.549. The molecule has 8 amide bonds. The molecule has 424 valence electrons. The lowest BCUT2D eigenvalue weighted by Crippen LogP contribution is -2.60. The standard InChI is InChI=1S/C51H72N14O12S/c1-5-35(58-49(71)38(24-31-14-7-6-8-15-31)61-51(73)42-19-13-23-63(42)41-21-20-33(64(74)75)26-43(41)65(76)77)47(69)62-40(28-78-4)50(72)60-39(25-32-27-54-29-56-32)48(70)57-30(2)45(67)59-37(44(52)66)18-11-12-22-55-46(68)34-16-9-10-17-36(34)53-3/h9-10,16-17,20-21,26-27,29-31,35,37-40,42,53H,5-8,11-15,18-19,22-25,28H2,1-4H3,(H2,52,66)(H,54,56)(H,55,68)(H,57,70)(H,58,71)(H,59,67)(H,60,72)(H,61,73)(H,62,69). The van der Waals surface area contributed by atoms with Gasteiger partial charge in [-0.3, -0.25) is 58.6 Å². The van der Waals surface area contributed by atoms with Crippen LogP contribution in [0.3, 0.4) is 0 Å². The van der Waals surface area contributed by atoms with Crippen molar-refractivity contribution in [2.24, 2.45) is 11.7 Å². The van der Waals surface area contributed by atoms with Gasteiger partial charge in [-0.2, -0.15) is 11.8 Å². The lowest BCUT2D eigenvalue weighted by molar-refractivity contribution is -0.393. The van der Waals surface area contributed by atoms with E-state index in [9.17, 15) is 58.6 Å². The maximum absolute atomic E-state index is 14.3. The number of hydrogen-bond acceptors (Lipinski definition) is 16. The molecule has 1 aliphatic heterocycles. The van der Waals surface area contributed by atoms with Gasteiger partial charge < -0.3 is 58.2 Å². The highest BCUT2D eigenvalue weighted by Gasteiger charge is 2.39. The number of anilines is 2. The lowest BCUT2D eigenvalue weighted by atomic mass is 9.84. The predicted octanol–water partition coefficient (Wildman–Crippen LogP) is 2.24. The number of benzene rings is 2. The van der Waals surface area contributed by atoms with Crippen LogP contribution in [0, 0.1) is 26.1 Å². The number of non-ortho nitro benzene ring substituents is 1. The molecule has 2 fully saturated rings. The Balaban J connectivity index is 1.21. The summed E-state index contributed by atoms with van der Waals surface area (Å²) in [6.45, 7) is 3.57. The van der Waals surface area contributed by atoms with E-state index in [1.165, 1.54) is 42.2 Å². The van der Waals surface area contributed by atoms with Gasteiger partial charge in [-0.05, 0) is 82.2 Å². The average Bonchev–Trinajstić information content (AvgIpc) is 4.23. The number of aromatic amines is 1. The van der Waals surface area contributed by atoms with Crippen molar-refractivity contribution < 1.29 is 48.2 Å². The molecule has 2 aromatic carbocycles. The van der Waals surface area contributed by atoms with Gasteiger partial charge in [0.15, 0.2) is 0 Å². The van der Waals surface area contributed by atoms with Gasteiger partial charge in [0.2, 0.25) is 41.4 Å². The molecule has 11 N–H and O–H groups in total.